The van der Waals surface area contributed by atoms with Crippen molar-refractivity contribution in [1.82, 2.24) is 15.1 Å². The summed E-state index contributed by atoms with van der Waals surface area (Å²) in [6.45, 7) is 5.23. The van der Waals surface area contributed by atoms with E-state index in [1.807, 2.05) is 59.7 Å². The zero-order chi connectivity index (χ0) is 17.6. The monoisotopic (exact) mass is 357 g/mol. The van der Waals surface area contributed by atoms with Gasteiger partial charge in [-0.05, 0) is 30.5 Å². The summed E-state index contributed by atoms with van der Waals surface area (Å²) in [6.07, 6.45) is 0. The highest BCUT2D eigenvalue weighted by molar-refractivity contribution is 7.09. The topological polar surface area (TPSA) is 52.7 Å². The molecule has 0 spiro atoms. The number of nitrogens with zero attached hydrogens (tertiary/aromatic N) is 2. The van der Waals surface area contributed by atoms with Crippen LogP contribution in [0.4, 0.5) is 0 Å². The van der Waals surface area contributed by atoms with Crippen LogP contribution in [0.5, 0.6) is 0 Å². The van der Waals surface area contributed by atoms with E-state index in [1.54, 1.807) is 11.3 Å². The van der Waals surface area contributed by atoms with Crippen LogP contribution in [0.25, 0.3) is 0 Å². The number of benzene rings is 1. The molecule has 2 heterocycles. The van der Waals surface area contributed by atoms with Crippen LogP contribution in [-0.2, 0) is 11.3 Å². The van der Waals surface area contributed by atoms with Crippen molar-refractivity contribution in [2.45, 2.75) is 19.5 Å². The van der Waals surface area contributed by atoms with Crippen LogP contribution < -0.4 is 5.32 Å². The Morgan fingerprint density at radius 1 is 1.08 bits per heavy atom. The molecule has 2 amide bonds. The molecule has 1 aromatic carbocycles. The average Bonchev–Trinajstić information content (AvgIpc) is 3.19. The number of hydrogen-bond donors (Lipinski definition) is 1. The number of nitrogens with one attached hydrogen (secondary N) is 1. The fraction of sp³-hybridized carbons (Fsp3) is 0.368. The van der Waals surface area contributed by atoms with E-state index in [2.05, 4.69) is 10.2 Å². The summed E-state index contributed by atoms with van der Waals surface area (Å²) in [6, 6.07) is 13.2. The van der Waals surface area contributed by atoms with Gasteiger partial charge in [-0.1, -0.05) is 24.3 Å². The van der Waals surface area contributed by atoms with E-state index in [9.17, 15) is 9.59 Å². The van der Waals surface area contributed by atoms with Crippen LogP contribution in [0.2, 0.25) is 0 Å². The van der Waals surface area contributed by atoms with Gasteiger partial charge in [-0.15, -0.1) is 11.3 Å². The number of carbonyl (C=O) groups is 2. The number of hydrogen-bond acceptors (Lipinski definition) is 4. The normalized spacial score (nSPS) is 16.4. The predicted molar refractivity (Wildman–Crippen MR) is 99.5 cm³/mol. The molecule has 3 rings (SSSR count). The first-order chi connectivity index (χ1) is 12.1. The Hall–Kier alpha value is -2.18. The maximum Gasteiger partial charge on any atom is 0.253 e. The number of thiophene rings is 1. The van der Waals surface area contributed by atoms with Crippen LogP contribution in [0.3, 0.4) is 0 Å². The van der Waals surface area contributed by atoms with Gasteiger partial charge in [0.15, 0.2) is 0 Å². The van der Waals surface area contributed by atoms with Crippen molar-refractivity contribution in [1.29, 1.82) is 0 Å². The van der Waals surface area contributed by atoms with E-state index >= 15 is 0 Å². The van der Waals surface area contributed by atoms with Gasteiger partial charge in [0.1, 0.15) is 0 Å². The third-order valence-electron chi connectivity index (χ3n) is 4.57. The molecule has 0 radical (unpaired) electrons. The molecule has 5 nitrogen and oxygen atoms in total. The van der Waals surface area contributed by atoms with Gasteiger partial charge in [0.05, 0.1) is 12.6 Å². The van der Waals surface area contributed by atoms with Crippen molar-refractivity contribution in [3.05, 3.63) is 58.3 Å². The Balaban J connectivity index is 1.48. The van der Waals surface area contributed by atoms with Crippen molar-refractivity contribution < 1.29 is 9.59 Å². The molecule has 1 saturated heterocycles. The third-order valence-corrected chi connectivity index (χ3v) is 5.44. The zero-order valence-electron chi connectivity index (χ0n) is 14.4. The molecule has 1 atom stereocenters. The predicted octanol–water partition coefficient (Wildman–Crippen LogP) is 2.21. The maximum absolute atomic E-state index is 12.5. The van der Waals surface area contributed by atoms with Crippen molar-refractivity contribution in [3.63, 3.8) is 0 Å². The Bertz CT molecular complexity index is 695. The first-order valence-corrected chi connectivity index (χ1v) is 9.41. The molecule has 25 heavy (non-hydrogen) atoms. The molecule has 0 bridgehead atoms. The highest BCUT2D eigenvalue weighted by atomic mass is 32.1. The largest absolute Gasteiger partial charge is 0.350 e. The summed E-state index contributed by atoms with van der Waals surface area (Å²) >= 11 is 1.64. The van der Waals surface area contributed by atoms with Crippen LogP contribution in [0.15, 0.2) is 47.8 Å². The lowest BCUT2D eigenvalue weighted by Crippen LogP contribution is -2.54. The van der Waals surface area contributed by atoms with Crippen LogP contribution in [-0.4, -0.2) is 53.8 Å². The van der Waals surface area contributed by atoms with Gasteiger partial charge >= 0.3 is 0 Å². The molecule has 1 N–H and O–H groups in total. The molecule has 0 saturated carbocycles. The Morgan fingerprint density at radius 3 is 2.44 bits per heavy atom. The first kappa shape index (κ1) is 17.6. The molecule has 2 aromatic rings. The van der Waals surface area contributed by atoms with Gasteiger partial charge in [0.2, 0.25) is 5.91 Å². The smallest absolute Gasteiger partial charge is 0.253 e. The second kappa shape index (κ2) is 8.27. The minimum Gasteiger partial charge on any atom is -0.350 e. The fourth-order valence-corrected chi connectivity index (χ4v) is 3.62. The average molecular weight is 357 g/mol. The van der Waals surface area contributed by atoms with E-state index in [1.165, 1.54) is 0 Å². The van der Waals surface area contributed by atoms with Gasteiger partial charge < -0.3 is 10.2 Å². The van der Waals surface area contributed by atoms with Crippen molar-refractivity contribution >= 4 is 23.2 Å². The molecule has 1 aliphatic rings. The Labute approximate surface area is 152 Å². The van der Waals surface area contributed by atoms with Gasteiger partial charge in [0, 0.05) is 36.6 Å². The zero-order valence-corrected chi connectivity index (χ0v) is 15.2. The van der Waals surface area contributed by atoms with E-state index in [0.717, 1.165) is 10.4 Å². The van der Waals surface area contributed by atoms with Gasteiger partial charge in [-0.3, -0.25) is 14.5 Å². The standard InChI is InChI=1S/C19H23N3O2S/c1-15(18(23)20-14-17-8-5-13-25-17)21-9-11-22(12-10-21)19(24)16-6-3-2-4-7-16/h2-8,13,15H,9-12,14H2,1H3,(H,20,23). The molecule has 1 fully saturated rings. The lowest BCUT2D eigenvalue weighted by Gasteiger charge is -2.37. The second-order valence-electron chi connectivity index (χ2n) is 6.17. The van der Waals surface area contributed by atoms with Gasteiger partial charge in [-0.25, -0.2) is 0 Å². The Kier molecular flexibility index (Phi) is 5.83. The molecule has 6 heteroatoms. The van der Waals surface area contributed by atoms with Crippen LogP contribution >= 0.6 is 11.3 Å². The third kappa shape index (κ3) is 4.46. The van der Waals surface area contributed by atoms with Crippen LogP contribution in [0, 0.1) is 0 Å². The van der Waals surface area contributed by atoms with E-state index in [0.29, 0.717) is 32.7 Å². The summed E-state index contributed by atoms with van der Waals surface area (Å²) in [7, 11) is 0. The molecular formula is C19H23N3O2S. The maximum atomic E-state index is 12.5. The summed E-state index contributed by atoms with van der Waals surface area (Å²) in [5.74, 6) is 0.103. The number of amides is 2. The highest BCUT2D eigenvalue weighted by Gasteiger charge is 2.27. The van der Waals surface area contributed by atoms with Gasteiger partial charge in [0.25, 0.3) is 5.91 Å². The van der Waals surface area contributed by atoms with Crippen molar-refractivity contribution in [3.8, 4) is 0 Å². The molecule has 132 valence electrons. The van der Waals surface area contributed by atoms with E-state index < -0.39 is 0 Å². The molecule has 1 aliphatic heterocycles. The number of piperazine rings is 1. The lowest BCUT2D eigenvalue weighted by molar-refractivity contribution is -0.126. The van der Waals surface area contributed by atoms with Gasteiger partial charge in [-0.2, -0.15) is 0 Å². The van der Waals surface area contributed by atoms with E-state index in [-0.39, 0.29) is 17.9 Å². The number of rotatable bonds is 5. The van der Waals surface area contributed by atoms with Crippen LogP contribution in [0.1, 0.15) is 22.2 Å². The summed E-state index contributed by atoms with van der Waals surface area (Å²) < 4.78 is 0. The van der Waals surface area contributed by atoms with Crippen molar-refractivity contribution in [2.24, 2.45) is 0 Å². The minimum atomic E-state index is -0.186. The Morgan fingerprint density at radius 2 is 1.80 bits per heavy atom. The fourth-order valence-electron chi connectivity index (χ4n) is 2.98. The molecule has 0 aliphatic carbocycles. The summed E-state index contributed by atoms with van der Waals surface area (Å²) in [5, 5.41) is 5.00. The quantitative estimate of drug-likeness (QED) is 0.893. The molecule has 1 unspecified atom stereocenters. The molecule has 1 aromatic heterocycles. The lowest BCUT2D eigenvalue weighted by atomic mass is 10.1. The van der Waals surface area contributed by atoms with E-state index in [4.69, 9.17) is 0 Å². The summed E-state index contributed by atoms with van der Waals surface area (Å²) in [5.41, 5.74) is 0.720. The second-order valence-corrected chi connectivity index (χ2v) is 7.20. The SMILES string of the molecule is CC(C(=O)NCc1cccs1)N1CCN(C(=O)c2ccccc2)CC1. The minimum absolute atomic E-state index is 0.0382. The summed E-state index contributed by atoms with van der Waals surface area (Å²) in [4.78, 5) is 30.0. The molecular weight excluding hydrogens is 334 g/mol. The van der Waals surface area contributed by atoms with Crippen molar-refractivity contribution in [2.75, 3.05) is 26.2 Å². The number of carbonyl (C=O) groups excluding carboxylic acids is 2. The first-order valence-electron chi connectivity index (χ1n) is 8.53. The highest BCUT2D eigenvalue weighted by Crippen LogP contribution is 2.12.